The highest BCUT2D eigenvalue weighted by atomic mass is 16.4. The summed E-state index contributed by atoms with van der Waals surface area (Å²) in [6.07, 6.45) is 0. The summed E-state index contributed by atoms with van der Waals surface area (Å²) in [6.45, 7) is 0. The molecule has 0 aromatic heterocycles. The SMILES string of the molecule is NC(=O)c1ccc(NC(=O)c2ccc(C(=O)O)c(N)c2)cc1. The maximum absolute atomic E-state index is 12.1. The van der Waals surface area contributed by atoms with Gasteiger partial charge in [-0.3, -0.25) is 9.59 Å². The van der Waals surface area contributed by atoms with Crippen molar-refractivity contribution in [2.45, 2.75) is 0 Å². The summed E-state index contributed by atoms with van der Waals surface area (Å²) >= 11 is 0. The van der Waals surface area contributed by atoms with E-state index in [1.54, 1.807) is 0 Å². The van der Waals surface area contributed by atoms with Gasteiger partial charge in [-0.05, 0) is 42.5 Å². The van der Waals surface area contributed by atoms with Crippen molar-refractivity contribution in [3.8, 4) is 0 Å². The summed E-state index contributed by atoms with van der Waals surface area (Å²) in [5.41, 5.74) is 11.7. The molecule has 0 aliphatic carbocycles. The molecule has 0 radical (unpaired) electrons. The number of nitrogens with one attached hydrogen (secondary N) is 1. The van der Waals surface area contributed by atoms with Crippen molar-refractivity contribution in [1.82, 2.24) is 0 Å². The van der Waals surface area contributed by atoms with Gasteiger partial charge in [-0.2, -0.15) is 0 Å². The molecule has 2 rings (SSSR count). The van der Waals surface area contributed by atoms with Gasteiger partial charge in [-0.15, -0.1) is 0 Å². The Balaban J connectivity index is 2.17. The standard InChI is InChI=1S/C15H13N3O4/c16-12-7-9(3-6-11(12)15(21)22)14(20)18-10-4-1-8(2-5-10)13(17)19/h1-7H,16H2,(H2,17,19)(H,18,20)(H,21,22). The zero-order chi connectivity index (χ0) is 16.3. The molecular weight excluding hydrogens is 286 g/mol. The molecule has 2 amide bonds. The third-order valence-corrected chi connectivity index (χ3v) is 2.97. The number of amides is 2. The van der Waals surface area contributed by atoms with Gasteiger partial charge < -0.3 is 21.9 Å². The number of rotatable bonds is 4. The summed E-state index contributed by atoms with van der Waals surface area (Å²) in [6, 6.07) is 9.96. The van der Waals surface area contributed by atoms with Crippen LogP contribution in [0.5, 0.6) is 0 Å². The van der Waals surface area contributed by atoms with Crippen LogP contribution in [-0.2, 0) is 0 Å². The first-order valence-electron chi connectivity index (χ1n) is 6.22. The summed E-state index contributed by atoms with van der Waals surface area (Å²) in [7, 11) is 0. The number of carboxylic acid groups (broad SMARTS) is 1. The van der Waals surface area contributed by atoms with Crippen LogP contribution in [0, 0.1) is 0 Å². The zero-order valence-electron chi connectivity index (χ0n) is 11.4. The Kier molecular flexibility index (Phi) is 4.08. The number of aromatic carboxylic acids is 1. The topological polar surface area (TPSA) is 136 Å². The van der Waals surface area contributed by atoms with Gasteiger partial charge in [0.25, 0.3) is 5.91 Å². The number of nitrogens with two attached hydrogens (primary N) is 2. The Morgan fingerprint density at radius 1 is 0.955 bits per heavy atom. The van der Waals surface area contributed by atoms with Gasteiger partial charge in [-0.1, -0.05) is 0 Å². The second-order valence-corrected chi connectivity index (χ2v) is 4.50. The maximum Gasteiger partial charge on any atom is 0.337 e. The van der Waals surface area contributed by atoms with Crippen LogP contribution in [0.4, 0.5) is 11.4 Å². The number of anilines is 2. The highest BCUT2D eigenvalue weighted by Gasteiger charge is 2.12. The minimum absolute atomic E-state index is 0.00391. The molecule has 112 valence electrons. The smallest absolute Gasteiger partial charge is 0.337 e. The van der Waals surface area contributed by atoms with Gasteiger partial charge in [0.1, 0.15) is 0 Å². The second-order valence-electron chi connectivity index (χ2n) is 4.50. The van der Waals surface area contributed by atoms with Crippen molar-refractivity contribution in [1.29, 1.82) is 0 Å². The largest absolute Gasteiger partial charge is 0.478 e. The van der Waals surface area contributed by atoms with Crippen LogP contribution < -0.4 is 16.8 Å². The third kappa shape index (κ3) is 3.21. The lowest BCUT2D eigenvalue weighted by Crippen LogP contribution is -2.14. The minimum atomic E-state index is -1.16. The van der Waals surface area contributed by atoms with Gasteiger partial charge >= 0.3 is 5.97 Å². The molecule has 0 aliphatic rings. The molecule has 0 spiro atoms. The fraction of sp³-hybridized carbons (Fsp3) is 0. The van der Waals surface area contributed by atoms with Gasteiger partial charge in [0, 0.05) is 22.5 Å². The third-order valence-electron chi connectivity index (χ3n) is 2.97. The van der Waals surface area contributed by atoms with Crippen LogP contribution >= 0.6 is 0 Å². The molecule has 7 heteroatoms. The van der Waals surface area contributed by atoms with E-state index < -0.39 is 17.8 Å². The Hall–Kier alpha value is -3.35. The van der Waals surface area contributed by atoms with Gasteiger partial charge in [0.05, 0.1) is 5.56 Å². The number of carbonyl (C=O) groups excluding carboxylic acids is 2. The van der Waals surface area contributed by atoms with E-state index in [2.05, 4.69) is 5.32 Å². The van der Waals surface area contributed by atoms with E-state index in [-0.39, 0.29) is 16.8 Å². The molecule has 6 N–H and O–H groups in total. The molecule has 22 heavy (non-hydrogen) atoms. The van der Waals surface area contributed by atoms with Crippen molar-refractivity contribution in [2.75, 3.05) is 11.1 Å². The Labute approximate surface area is 125 Å². The van der Waals surface area contributed by atoms with Crippen LogP contribution in [-0.4, -0.2) is 22.9 Å². The minimum Gasteiger partial charge on any atom is -0.478 e. The van der Waals surface area contributed by atoms with Gasteiger partial charge in [-0.25, -0.2) is 4.79 Å². The Bertz CT molecular complexity index is 754. The first-order chi connectivity index (χ1) is 10.4. The maximum atomic E-state index is 12.1. The number of hydrogen-bond acceptors (Lipinski definition) is 4. The van der Waals surface area contributed by atoms with Crippen molar-refractivity contribution in [3.05, 3.63) is 59.2 Å². The number of nitrogen functional groups attached to an aromatic ring is 1. The fourth-order valence-electron chi connectivity index (χ4n) is 1.82. The predicted molar refractivity (Wildman–Crippen MR) is 80.7 cm³/mol. The quantitative estimate of drug-likeness (QED) is 0.631. The van der Waals surface area contributed by atoms with Crippen LogP contribution in [0.1, 0.15) is 31.1 Å². The zero-order valence-corrected chi connectivity index (χ0v) is 11.4. The number of benzene rings is 2. The average Bonchev–Trinajstić information content (AvgIpc) is 2.47. The Morgan fingerprint density at radius 3 is 2.05 bits per heavy atom. The molecule has 0 aliphatic heterocycles. The monoisotopic (exact) mass is 299 g/mol. The van der Waals surface area contributed by atoms with E-state index in [9.17, 15) is 14.4 Å². The number of carbonyl (C=O) groups is 3. The van der Waals surface area contributed by atoms with E-state index in [1.807, 2.05) is 0 Å². The van der Waals surface area contributed by atoms with Crippen LogP contribution in [0.3, 0.4) is 0 Å². The van der Waals surface area contributed by atoms with Crippen LogP contribution in [0.2, 0.25) is 0 Å². The van der Waals surface area contributed by atoms with E-state index >= 15 is 0 Å². The van der Waals surface area contributed by atoms with Crippen molar-refractivity contribution >= 4 is 29.2 Å². The highest BCUT2D eigenvalue weighted by Crippen LogP contribution is 2.16. The van der Waals surface area contributed by atoms with E-state index in [0.717, 1.165) is 0 Å². The van der Waals surface area contributed by atoms with E-state index in [1.165, 1.54) is 42.5 Å². The van der Waals surface area contributed by atoms with Crippen molar-refractivity contribution < 1.29 is 19.5 Å². The number of hydrogen-bond donors (Lipinski definition) is 4. The van der Waals surface area contributed by atoms with Crippen molar-refractivity contribution in [2.24, 2.45) is 5.73 Å². The second kappa shape index (κ2) is 5.96. The summed E-state index contributed by atoms with van der Waals surface area (Å²) < 4.78 is 0. The molecule has 0 heterocycles. The van der Waals surface area contributed by atoms with E-state index in [4.69, 9.17) is 16.6 Å². The molecule has 0 saturated carbocycles. The van der Waals surface area contributed by atoms with Crippen LogP contribution in [0.15, 0.2) is 42.5 Å². The first-order valence-corrected chi connectivity index (χ1v) is 6.22. The first kappa shape index (κ1) is 15.0. The summed E-state index contributed by atoms with van der Waals surface area (Å²) in [5, 5.41) is 11.5. The normalized spacial score (nSPS) is 10.0. The number of carboxylic acids is 1. The van der Waals surface area contributed by atoms with Gasteiger partial charge in [0.2, 0.25) is 5.91 Å². The molecule has 2 aromatic rings. The molecule has 7 nitrogen and oxygen atoms in total. The lowest BCUT2D eigenvalue weighted by molar-refractivity contribution is 0.0697. The molecule has 0 saturated heterocycles. The van der Waals surface area contributed by atoms with Crippen molar-refractivity contribution in [3.63, 3.8) is 0 Å². The predicted octanol–water partition coefficient (Wildman–Crippen LogP) is 1.32. The lowest BCUT2D eigenvalue weighted by Gasteiger charge is -2.07. The molecule has 0 fully saturated rings. The Morgan fingerprint density at radius 2 is 1.55 bits per heavy atom. The summed E-state index contributed by atoms with van der Waals surface area (Å²) in [4.78, 5) is 33.9. The molecule has 0 unspecified atom stereocenters. The molecule has 0 bridgehead atoms. The lowest BCUT2D eigenvalue weighted by atomic mass is 10.1. The van der Waals surface area contributed by atoms with E-state index in [0.29, 0.717) is 11.3 Å². The highest BCUT2D eigenvalue weighted by molar-refractivity contribution is 6.06. The molecular formula is C15H13N3O4. The summed E-state index contributed by atoms with van der Waals surface area (Å²) in [5.74, 6) is -2.17. The van der Waals surface area contributed by atoms with Gasteiger partial charge in [0.15, 0.2) is 0 Å². The fourth-order valence-corrected chi connectivity index (χ4v) is 1.82. The molecule has 2 aromatic carbocycles. The number of primary amides is 1. The van der Waals surface area contributed by atoms with Crippen LogP contribution in [0.25, 0.3) is 0 Å². The molecule has 0 atom stereocenters. The average molecular weight is 299 g/mol.